The first-order valence-corrected chi connectivity index (χ1v) is 10.7. The van der Waals surface area contributed by atoms with E-state index in [-0.39, 0.29) is 5.91 Å². The average molecular weight is 455 g/mol. The third kappa shape index (κ3) is 5.01. The lowest BCUT2D eigenvalue weighted by molar-refractivity contribution is 0.102. The van der Waals surface area contributed by atoms with E-state index in [1.165, 1.54) is 0 Å². The van der Waals surface area contributed by atoms with E-state index >= 15 is 0 Å². The molecule has 4 aromatic rings. The van der Waals surface area contributed by atoms with E-state index in [1.54, 1.807) is 54.6 Å². The monoisotopic (exact) mass is 454 g/mol. The normalized spacial score (nSPS) is 10.9. The van der Waals surface area contributed by atoms with Crippen molar-refractivity contribution in [3.63, 3.8) is 0 Å². The minimum Gasteiger partial charge on any atom is -0.494 e. The first-order valence-electron chi connectivity index (χ1n) is 9.93. The van der Waals surface area contributed by atoms with Gasteiger partial charge in [-0.2, -0.15) is 0 Å². The number of nitrogens with one attached hydrogen (secondary N) is 1. The van der Waals surface area contributed by atoms with Crippen LogP contribution in [0.5, 0.6) is 5.75 Å². The highest BCUT2D eigenvalue weighted by atomic mass is 35.5. The number of ether oxygens (including phenoxy) is 1. The molecule has 0 spiro atoms. The largest absolute Gasteiger partial charge is 0.494 e. The van der Waals surface area contributed by atoms with Gasteiger partial charge in [-0.15, -0.1) is 0 Å². The molecule has 0 aliphatic rings. The number of oxazole rings is 1. The summed E-state index contributed by atoms with van der Waals surface area (Å²) in [4.78, 5) is 17.3. The highest BCUT2D eigenvalue weighted by molar-refractivity contribution is 6.34. The zero-order chi connectivity index (χ0) is 21.8. The number of anilines is 1. The molecular formula is C24H20Cl2N2O3. The summed E-state index contributed by atoms with van der Waals surface area (Å²) < 4.78 is 11.5. The summed E-state index contributed by atoms with van der Waals surface area (Å²) in [7, 11) is 0. The molecule has 0 radical (unpaired) electrons. The molecular weight excluding hydrogens is 435 g/mol. The topological polar surface area (TPSA) is 64.4 Å². The summed E-state index contributed by atoms with van der Waals surface area (Å²) in [5.74, 6) is 0.783. The molecule has 1 amide bonds. The van der Waals surface area contributed by atoms with Crippen LogP contribution in [0.2, 0.25) is 10.0 Å². The van der Waals surface area contributed by atoms with Crippen LogP contribution in [-0.2, 0) is 0 Å². The number of carbonyl (C=O) groups excluding carboxylic acids is 1. The van der Waals surface area contributed by atoms with Crippen LogP contribution in [0.25, 0.3) is 22.6 Å². The Labute approximate surface area is 189 Å². The highest BCUT2D eigenvalue weighted by Gasteiger charge is 2.14. The molecule has 0 aliphatic heterocycles. The van der Waals surface area contributed by atoms with Crippen molar-refractivity contribution in [1.29, 1.82) is 0 Å². The van der Waals surface area contributed by atoms with Gasteiger partial charge in [0.25, 0.3) is 5.91 Å². The molecule has 4 rings (SSSR count). The zero-order valence-electron chi connectivity index (χ0n) is 16.8. The number of aromatic nitrogens is 1. The average Bonchev–Trinajstić information content (AvgIpc) is 3.19. The lowest BCUT2D eigenvalue weighted by Gasteiger charge is -2.10. The molecule has 7 heteroatoms. The van der Waals surface area contributed by atoms with E-state index in [9.17, 15) is 4.79 Å². The molecule has 0 saturated heterocycles. The molecule has 5 nitrogen and oxygen atoms in total. The Morgan fingerprint density at radius 2 is 1.97 bits per heavy atom. The van der Waals surface area contributed by atoms with Crippen molar-refractivity contribution in [2.45, 2.75) is 19.8 Å². The van der Waals surface area contributed by atoms with Crippen LogP contribution < -0.4 is 10.1 Å². The molecule has 31 heavy (non-hydrogen) atoms. The Balaban J connectivity index is 1.56. The highest BCUT2D eigenvalue weighted by Crippen LogP contribution is 2.31. The number of hydrogen-bond donors (Lipinski definition) is 1. The summed E-state index contributed by atoms with van der Waals surface area (Å²) in [6.07, 6.45) is 2.00. The van der Waals surface area contributed by atoms with Gasteiger partial charge in [-0.3, -0.25) is 4.79 Å². The van der Waals surface area contributed by atoms with E-state index < -0.39 is 0 Å². The Morgan fingerprint density at radius 1 is 1.10 bits per heavy atom. The molecule has 0 saturated carbocycles. The number of amides is 1. The summed E-state index contributed by atoms with van der Waals surface area (Å²) in [6, 6.07) is 17.5. The quantitative estimate of drug-likeness (QED) is 0.299. The number of unbranched alkanes of at least 4 members (excludes halogenated alkanes) is 1. The van der Waals surface area contributed by atoms with Gasteiger partial charge in [0.15, 0.2) is 5.58 Å². The van der Waals surface area contributed by atoms with Crippen LogP contribution in [0.4, 0.5) is 5.69 Å². The second-order valence-corrected chi connectivity index (χ2v) is 7.85. The Morgan fingerprint density at radius 3 is 2.81 bits per heavy atom. The van der Waals surface area contributed by atoms with Gasteiger partial charge in [0.1, 0.15) is 11.3 Å². The maximum absolute atomic E-state index is 12.8. The number of rotatable bonds is 7. The SMILES string of the molecule is CCCCOc1cccc(C(=O)Nc2cc(-c3nc4cc(Cl)ccc4o3)ccc2Cl)c1. The number of carbonyl (C=O) groups is 1. The van der Waals surface area contributed by atoms with Crippen LogP contribution >= 0.6 is 23.2 Å². The van der Waals surface area contributed by atoms with E-state index in [1.807, 2.05) is 6.07 Å². The molecule has 0 aliphatic carbocycles. The Bertz CT molecular complexity index is 1240. The van der Waals surface area contributed by atoms with Crippen molar-refractivity contribution < 1.29 is 13.9 Å². The smallest absolute Gasteiger partial charge is 0.255 e. The van der Waals surface area contributed by atoms with Gasteiger partial charge >= 0.3 is 0 Å². The van der Waals surface area contributed by atoms with E-state index in [0.29, 0.717) is 56.2 Å². The first kappa shape index (κ1) is 21.2. The number of hydrogen-bond acceptors (Lipinski definition) is 4. The van der Waals surface area contributed by atoms with Crippen molar-refractivity contribution in [2.75, 3.05) is 11.9 Å². The minimum absolute atomic E-state index is 0.288. The zero-order valence-corrected chi connectivity index (χ0v) is 18.3. The van der Waals surface area contributed by atoms with Gasteiger partial charge < -0.3 is 14.5 Å². The predicted octanol–water partition coefficient (Wildman–Crippen LogP) is 7.23. The molecule has 1 aromatic heterocycles. The number of fused-ring (bicyclic) bond motifs is 1. The molecule has 0 bridgehead atoms. The van der Waals surface area contributed by atoms with Gasteiger partial charge in [0, 0.05) is 16.1 Å². The molecule has 0 atom stereocenters. The second-order valence-electron chi connectivity index (χ2n) is 7.01. The third-order valence-electron chi connectivity index (χ3n) is 4.67. The maximum Gasteiger partial charge on any atom is 0.255 e. The lowest BCUT2D eigenvalue weighted by atomic mass is 10.1. The molecule has 1 N–H and O–H groups in total. The molecule has 3 aromatic carbocycles. The summed E-state index contributed by atoms with van der Waals surface area (Å²) in [6.45, 7) is 2.71. The van der Waals surface area contributed by atoms with E-state index in [0.717, 1.165) is 12.8 Å². The van der Waals surface area contributed by atoms with Gasteiger partial charge in [-0.1, -0.05) is 42.6 Å². The van der Waals surface area contributed by atoms with Crippen molar-refractivity contribution in [1.82, 2.24) is 4.98 Å². The fraction of sp³-hybridized carbons (Fsp3) is 0.167. The summed E-state index contributed by atoms with van der Waals surface area (Å²) in [5.41, 5.74) is 2.90. The van der Waals surface area contributed by atoms with Crippen molar-refractivity contribution in [3.8, 4) is 17.2 Å². The molecule has 158 valence electrons. The van der Waals surface area contributed by atoms with Gasteiger partial charge in [-0.05, 0) is 61.0 Å². The summed E-state index contributed by atoms with van der Waals surface area (Å²) >= 11 is 12.3. The maximum atomic E-state index is 12.8. The summed E-state index contributed by atoms with van der Waals surface area (Å²) in [5, 5.41) is 3.85. The van der Waals surface area contributed by atoms with Crippen LogP contribution in [-0.4, -0.2) is 17.5 Å². The van der Waals surface area contributed by atoms with Crippen LogP contribution in [0.1, 0.15) is 30.1 Å². The van der Waals surface area contributed by atoms with Crippen LogP contribution in [0, 0.1) is 0 Å². The number of nitrogens with zero attached hydrogens (tertiary/aromatic N) is 1. The first-order chi connectivity index (χ1) is 15.0. The fourth-order valence-corrected chi connectivity index (χ4v) is 3.37. The van der Waals surface area contributed by atoms with Gasteiger partial charge in [0.2, 0.25) is 5.89 Å². The van der Waals surface area contributed by atoms with Gasteiger partial charge in [-0.25, -0.2) is 4.98 Å². The Kier molecular flexibility index (Phi) is 6.44. The van der Waals surface area contributed by atoms with E-state index in [2.05, 4.69) is 17.2 Å². The van der Waals surface area contributed by atoms with Crippen LogP contribution in [0.3, 0.4) is 0 Å². The number of halogens is 2. The Hall–Kier alpha value is -3.02. The predicted molar refractivity (Wildman–Crippen MR) is 124 cm³/mol. The van der Waals surface area contributed by atoms with Crippen LogP contribution in [0.15, 0.2) is 65.1 Å². The minimum atomic E-state index is -0.288. The van der Waals surface area contributed by atoms with Crippen molar-refractivity contribution >= 4 is 45.9 Å². The standard InChI is InChI=1S/C24H20Cl2N2O3/c1-2-3-11-30-18-6-4-5-15(12-18)23(29)27-20-13-16(7-9-19(20)26)24-28-21-14-17(25)8-10-22(21)31-24/h4-10,12-14H,2-3,11H2,1H3,(H,27,29). The molecule has 1 heterocycles. The second kappa shape index (κ2) is 9.41. The molecule has 0 fully saturated rings. The number of benzene rings is 3. The van der Waals surface area contributed by atoms with E-state index in [4.69, 9.17) is 32.4 Å². The van der Waals surface area contributed by atoms with Crippen molar-refractivity contribution in [2.24, 2.45) is 0 Å². The lowest BCUT2D eigenvalue weighted by Crippen LogP contribution is -2.12. The van der Waals surface area contributed by atoms with Gasteiger partial charge in [0.05, 0.1) is 17.3 Å². The molecule has 0 unspecified atom stereocenters. The van der Waals surface area contributed by atoms with Crippen molar-refractivity contribution in [3.05, 3.63) is 76.3 Å². The third-order valence-corrected chi connectivity index (χ3v) is 5.24. The fourth-order valence-electron chi connectivity index (χ4n) is 3.03.